The van der Waals surface area contributed by atoms with Crippen molar-refractivity contribution in [2.75, 3.05) is 0 Å². The maximum absolute atomic E-state index is 8.89. The Morgan fingerprint density at radius 2 is 2.06 bits per heavy atom. The van der Waals surface area contributed by atoms with Crippen molar-refractivity contribution in [2.45, 2.75) is 38.3 Å². The second kappa shape index (κ2) is 4.18. The van der Waals surface area contributed by atoms with Crippen LogP contribution in [0.5, 0.6) is 0 Å². The number of hydrogen-bond donors (Lipinski definition) is 1. The predicted octanol–water partition coefficient (Wildman–Crippen LogP) is 1.37. The molecule has 2 atom stereocenters. The molecule has 1 heterocycles. The van der Waals surface area contributed by atoms with Gasteiger partial charge in [0.2, 0.25) is 0 Å². The summed E-state index contributed by atoms with van der Waals surface area (Å²) in [6, 6.07) is 3.82. The van der Waals surface area contributed by atoms with E-state index in [4.69, 9.17) is 16.3 Å². The molecule has 1 fully saturated rings. The summed E-state index contributed by atoms with van der Waals surface area (Å²) in [5.74, 6) is -0.301. The van der Waals surface area contributed by atoms with Crippen LogP contribution in [-0.4, -0.2) is 17.2 Å². The van der Waals surface area contributed by atoms with Crippen molar-refractivity contribution in [3.63, 3.8) is 0 Å². The highest BCUT2D eigenvalue weighted by atomic mass is 15.2. The van der Waals surface area contributed by atoms with E-state index >= 15 is 0 Å². The van der Waals surface area contributed by atoms with Crippen LogP contribution in [0.3, 0.4) is 0 Å². The van der Waals surface area contributed by atoms with Crippen LogP contribution in [0.4, 0.5) is 0 Å². The summed E-state index contributed by atoms with van der Waals surface area (Å²) >= 11 is 0. The molecular formula is C12H15N5. The van der Waals surface area contributed by atoms with Gasteiger partial charge in [0.1, 0.15) is 11.5 Å². The average molecular weight is 229 g/mol. The van der Waals surface area contributed by atoms with Gasteiger partial charge in [-0.1, -0.05) is 13.3 Å². The van der Waals surface area contributed by atoms with Crippen molar-refractivity contribution in [3.05, 3.63) is 0 Å². The number of nitriles is 2. The highest BCUT2D eigenvalue weighted by Gasteiger charge is 2.43. The molecule has 1 aliphatic carbocycles. The Morgan fingerprint density at radius 1 is 1.35 bits per heavy atom. The lowest BCUT2D eigenvalue weighted by Crippen LogP contribution is -2.34. The van der Waals surface area contributed by atoms with Crippen molar-refractivity contribution in [3.8, 4) is 12.1 Å². The van der Waals surface area contributed by atoms with Gasteiger partial charge in [-0.15, -0.1) is 0 Å². The third kappa shape index (κ3) is 1.78. The van der Waals surface area contributed by atoms with Crippen LogP contribution in [0.25, 0.3) is 0 Å². The highest BCUT2D eigenvalue weighted by molar-refractivity contribution is 6.44. The molecule has 2 N–H and O–H groups in total. The van der Waals surface area contributed by atoms with E-state index in [1.807, 2.05) is 12.1 Å². The molecule has 0 unspecified atom stereocenters. The summed E-state index contributed by atoms with van der Waals surface area (Å²) in [5, 5.41) is 17.8. The van der Waals surface area contributed by atoms with Gasteiger partial charge >= 0.3 is 0 Å². The first kappa shape index (κ1) is 11.6. The van der Waals surface area contributed by atoms with Gasteiger partial charge in [0.05, 0.1) is 12.1 Å². The molecule has 1 aliphatic heterocycles. The van der Waals surface area contributed by atoms with Gasteiger partial charge in [0.25, 0.3) is 0 Å². The summed E-state index contributed by atoms with van der Waals surface area (Å²) in [6.07, 6.45) is 4.18. The summed E-state index contributed by atoms with van der Waals surface area (Å²) in [4.78, 5) is 8.97. The average Bonchev–Trinajstić information content (AvgIpc) is 2.64. The maximum Gasteiger partial charge on any atom is 0.178 e. The van der Waals surface area contributed by atoms with Gasteiger partial charge in [-0.3, -0.25) is 4.99 Å². The van der Waals surface area contributed by atoms with Crippen LogP contribution in [0.15, 0.2) is 9.98 Å². The highest BCUT2D eigenvalue weighted by Crippen LogP contribution is 2.40. The minimum Gasteiger partial charge on any atom is -0.382 e. The molecular weight excluding hydrogens is 214 g/mol. The zero-order valence-electron chi connectivity index (χ0n) is 9.85. The molecule has 0 radical (unpaired) electrons. The molecule has 0 bridgehead atoms. The smallest absolute Gasteiger partial charge is 0.178 e. The third-order valence-electron chi connectivity index (χ3n) is 3.64. The zero-order chi connectivity index (χ0) is 12.5. The second-order valence-electron chi connectivity index (χ2n) is 4.71. The van der Waals surface area contributed by atoms with Crippen LogP contribution < -0.4 is 5.73 Å². The molecule has 5 heteroatoms. The second-order valence-corrected chi connectivity index (χ2v) is 4.71. The van der Waals surface area contributed by atoms with Gasteiger partial charge in [-0.25, -0.2) is 4.99 Å². The van der Waals surface area contributed by atoms with E-state index in [1.54, 1.807) is 0 Å². The third-order valence-corrected chi connectivity index (χ3v) is 3.64. The summed E-state index contributed by atoms with van der Waals surface area (Å²) in [6.45, 7) is 2.11. The molecule has 0 aromatic carbocycles. The Morgan fingerprint density at radius 3 is 2.65 bits per heavy atom. The lowest BCUT2D eigenvalue weighted by molar-refractivity contribution is 0.221. The van der Waals surface area contributed by atoms with E-state index in [0.717, 1.165) is 19.3 Å². The Kier molecular flexibility index (Phi) is 2.85. The molecule has 2 rings (SSSR count). The minimum absolute atomic E-state index is 0.270. The van der Waals surface area contributed by atoms with Gasteiger partial charge in [0, 0.05) is 5.92 Å². The number of hydrogen-bond acceptors (Lipinski definition) is 5. The largest absolute Gasteiger partial charge is 0.382 e. The van der Waals surface area contributed by atoms with Crippen molar-refractivity contribution in [2.24, 2.45) is 27.6 Å². The SMILES string of the molecule is C[C@H]1CCCC[C@@]12N=C(N)C(C(C#N)C#N)=N2. The van der Waals surface area contributed by atoms with Crippen LogP contribution in [-0.2, 0) is 0 Å². The Hall–Kier alpha value is -1.88. The monoisotopic (exact) mass is 229 g/mol. The molecule has 0 aromatic rings. The normalized spacial score (nSPS) is 31.9. The van der Waals surface area contributed by atoms with Gasteiger partial charge in [-0.05, 0) is 19.3 Å². The van der Waals surface area contributed by atoms with Gasteiger partial charge in [0.15, 0.2) is 11.6 Å². The van der Waals surface area contributed by atoms with Crippen molar-refractivity contribution < 1.29 is 0 Å². The molecule has 1 saturated carbocycles. The molecule has 0 aromatic heterocycles. The summed E-state index contributed by atoms with van der Waals surface area (Å²) < 4.78 is 0. The lowest BCUT2D eigenvalue weighted by atomic mass is 9.81. The summed E-state index contributed by atoms with van der Waals surface area (Å²) in [5.41, 5.74) is 5.68. The summed E-state index contributed by atoms with van der Waals surface area (Å²) in [7, 11) is 0. The number of nitrogens with two attached hydrogens (primary N) is 1. The predicted molar refractivity (Wildman–Crippen MR) is 64.1 cm³/mol. The fourth-order valence-corrected chi connectivity index (χ4v) is 2.57. The van der Waals surface area contributed by atoms with Crippen LogP contribution in [0, 0.1) is 34.5 Å². The van der Waals surface area contributed by atoms with Crippen LogP contribution in [0.2, 0.25) is 0 Å². The van der Waals surface area contributed by atoms with Crippen molar-refractivity contribution >= 4 is 11.5 Å². The zero-order valence-corrected chi connectivity index (χ0v) is 9.85. The molecule has 0 amide bonds. The van der Waals surface area contributed by atoms with Crippen LogP contribution >= 0.6 is 0 Å². The Labute approximate surface area is 101 Å². The Bertz CT molecular complexity index is 450. The van der Waals surface area contributed by atoms with Crippen molar-refractivity contribution in [1.29, 1.82) is 10.5 Å². The van der Waals surface area contributed by atoms with E-state index in [1.165, 1.54) is 6.42 Å². The van der Waals surface area contributed by atoms with Crippen LogP contribution in [0.1, 0.15) is 32.6 Å². The van der Waals surface area contributed by atoms with E-state index in [0.29, 0.717) is 11.6 Å². The van der Waals surface area contributed by atoms with Crippen molar-refractivity contribution in [1.82, 2.24) is 0 Å². The molecule has 0 saturated heterocycles. The fraction of sp³-hybridized carbons (Fsp3) is 0.667. The maximum atomic E-state index is 8.89. The topological polar surface area (TPSA) is 98.3 Å². The first-order chi connectivity index (χ1) is 8.13. The van der Waals surface area contributed by atoms with Gasteiger partial charge < -0.3 is 5.73 Å². The number of aliphatic imine (C=N–C) groups is 2. The van der Waals surface area contributed by atoms with E-state index < -0.39 is 11.6 Å². The molecule has 1 spiro atoms. The number of nitrogens with zero attached hydrogens (tertiary/aromatic N) is 4. The van der Waals surface area contributed by atoms with E-state index in [-0.39, 0.29) is 5.84 Å². The lowest BCUT2D eigenvalue weighted by Gasteiger charge is -2.34. The molecule has 17 heavy (non-hydrogen) atoms. The van der Waals surface area contributed by atoms with E-state index in [2.05, 4.69) is 16.9 Å². The quantitative estimate of drug-likeness (QED) is 0.735. The Balaban J connectivity index is 2.37. The fourth-order valence-electron chi connectivity index (χ4n) is 2.57. The molecule has 5 nitrogen and oxygen atoms in total. The number of amidine groups is 1. The number of rotatable bonds is 1. The first-order valence-electron chi connectivity index (χ1n) is 5.87. The molecule has 2 aliphatic rings. The first-order valence-corrected chi connectivity index (χ1v) is 5.87. The van der Waals surface area contributed by atoms with Gasteiger partial charge in [-0.2, -0.15) is 10.5 Å². The standard InChI is InChI=1S/C12H15N5/c1-8-4-2-3-5-12(8)16-10(11(15)17-12)9(6-13)7-14/h8-9H,2-5H2,1H3,(H2,15,17)/t8-,12+/m0/s1. The minimum atomic E-state index is -0.896. The molecule has 88 valence electrons. The van der Waals surface area contributed by atoms with E-state index in [9.17, 15) is 0 Å².